The second-order valence-electron chi connectivity index (χ2n) is 1.79. The van der Waals surface area contributed by atoms with Crippen molar-refractivity contribution in [2.75, 3.05) is 0 Å². The van der Waals surface area contributed by atoms with Crippen molar-refractivity contribution in [3.8, 4) is 5.75 Å². The number of aryl methyl sites for hydroxylation is 1. The van der Waals surface area contributed by atoms with Crippen molar-refractivity contribution < 1.29 is 9.50 Å². The second kappa shape index (κ2) is 4.66. The summed E-state index contributed by atoms with van der Waals surface area (Å²) in [5.41, 5.74) is 0.356. The Morgan fingerprint density at radius 2 is 1.91 bits per heavy atom. The molecule has 3 heteroatoms. The molecule has 1 N–H and O–H groups in total. The molecule has 11 heavy (non-hydrogen) atoms. The van der Waals surface area contributed by atoms with Gasteiger partial charge < -0.3 is 5.11 Å². The van der Waals surface area contributed by atoms with Gasteiger partial charge in [-0.1, -0.05) is 13.8 Å². The molecule has 1 aromatic heterocycles. The molecule has 0 amide bonds. The molecule has 2 nitrogen and oxygen atoms in total. The second-order valence-corrected chi connectivity index (χ2v) is 1.79. The van der Waals surface area contributed by atoms with E-state index in [1.807, 2.05) is 13.8 Å². The molecule has 0 fully saturated rings. The highest BCUT2D eigenvalue weighted by atomic mass is 19.1. The summed E-state index contributed by atoms with van der Waals surface area (Å²) in [6, 6.07) is 0. The minimum atomic E-state index is -0.593. The van der Waals surface area contributed by atoms with Crippen molar-refractivity contribution >= 4 is 0 Å². The molecule has 0 spiro atoms. The zero-order valence-electron chi connectivity index (χ0n) is 6.93. The van der Waals surface area contributed by atoms with E-state index in [0.29, 0.717) is 5.56 Å². The van der Waals surface area contributed by atoms with E-state index < -0.39 is 11.6 Å². The highest BCUT2D eigenvalue weighted by Gasteiger charge is 2.00. The third kappa shape index (κ3) is 2.53. The van der Waals surface area contributed by atoms with Crippen molar-refractivity contribution in [2.24, 2.45) is 0 Å². The van der Waals surface area contributed by atoms with Gasteiger partial charge in [0.1, 0.15) is 0 Å². The SMILES string of the molecule is CC.Cc1cncc(O)c1F. The third-order valence-corrected chi connectivity index (χ3v) is 1.04. The van der Waals surface area contributed by atoms with Crippen molar-refractivity contribution in [3.05, 3.63) is 23.8 Å². The van der Waals surface area contributed by atoms with Crippen LogP contribution in [0.1, 0.15) is 19.4 Å². The minimum absolute atomic E-state index is 0.356. The van der Waals surface area contributed by atoms with Gasteiger partial charge >= 0.3 is 0 Å². The molecule has 62 valence electrons. The molecule has 0 aliphatic rings. The highest BCUT2D eigenvalue weighted by molar-refractivity contribution is 5.23. The van der Waals surface area contributed by atoms with E-state index in [9.17, 15) is 4.39 Å². The van der Waals surface area contributed by atoms with Gasteiger partial charge in [0.15, 0.2) is 11.6 Å². The number of pyridine rings is 1. The largest absolute Gasteiger partial charge is 0.504 e. The number of aromatic nitrogens is 1. The Hall–Kier alpha value is -1.12. The van der Waals surface area contributed by atoms with E-state index in [1.165, 1.54) is 6.20 Å². The number of halogens is 1. The predicted molar refractivity (Wildman–Crippen MR) is 41.9 cm³/mol. The summed E-state index contributed by atoms with van der Waals surface area (Å²) >= 11 is 0. The van der Waals surface area contributed by atoms with Gasteiger partial charge in [-0.25, -0.2) is 4.39 Å². The van der Waals surface area contributed by atoms with E-state index in [1.54, 1.807) is 6.92 Å². The Morgan fingerprint density at radius 1 is 1.36 bits per heavy atom. The van der Waals surface area contributed by atoms with Crippen LogP contribution in [0.25, 0.3) is 0 Å². The number of aromatic hydroxyl groups is 1. The molecule has 0 aromatic carbocycles. The smallest absolute Gasteiger partial charge is 0.170 e. The summed E-state index contributed by atoms with van der Waals surface area (Å²) < 4.78 is 12.4. The monoisotopic (exact) mass is 157 g/mol. The molecule has 0 radical (unpaired) electrons. The lowest BCUT2D eigenvalue weighted by atomic mass is 10.3. The summed E-state index contributed by atoms with van der Waals surface area (Å²) in [4.78, 5) is 3.55. The quantitative estimate of drug-likeness (QED) is 0.626. The van der Waals surface area contributed by atoms with Crippen molar-refractivity contribution in [1.29, 1.82) is 0 Å². The zero-order chi connectivity index (χ0) is 8.85. The van der Waals surface area contributed by atoms with Crippen LogP contribution in [0.4, 0.5) is 4.39 Å². The summed E-state index contributed by atoms with van der Waals surface area (Å²) in [6.45, 7) is 5.54. The zero-order valence-corrected chi connectivity index (χ0v) is 6.93. The van der Waals surface area contributed by atoms with Gasteiger partial charge in [-0.3, -0.25) is 4.98 Å². The Balaban J connectivity index is 0.000000461. The lowest BCUT2D eigenvalue weighted by molar-refractivity contribution is 0.427. The Kier molecular flexibility index (Phi) is 4.18. The molecular formula is C8H12FNO. The van der Waals surface area contributed by atoms with E-state index in [-0.39, 0.29) is 0 Å². The van der Waals surface area contributed by atoms with Crippen LogP contribution in [0, 0.1) is 12.7 Å². The van der Waals surface area contributed by atoms with Crippen molar-refractivity contribution in [3.63, 3.8) is 0 Å². The average molecular weight is 157 g/mol. The molecule has 1 heterocycles. The van der Waals surface area contributed by atoms with Gasteiger partial charge in [-0.2, -0.15) is 0 Å². The van der Waals surface area contributed by atoms with Crippen LogP contribution >= 0.6 is 0 Å². The van der Waals surface area contributed by atoms with Gasteiger partial charge in [0, 0.05) is 11.8 Å². The molecule has 0 aliphatic carbocycles. The molecule has 1 rings (SSSR count). The van der Waals surface area contributed by atoms with Crippen LogP contribution in [-0.4, -0.2) is 10.1 Å². The Morgan fingerprint density at radius 3 is 2.27 bits per heavy atom. The summed E-state index contributed by atoms with van der Waals surface area (Å²) in [5.74, 6) is -0.986. The topological polar surface area (TPSA) is 33.1 Å². The van der Waals surface area contributed by atoms with E-state index in [4.69, 9.17) is 5.11 Å². The maximum Gasteiger partial charge on any atom is 0.170 e. The first kappa shape index (κ1) is 9.88. The first-order valence-corrected chi connectivity index (χ1v) is 3.51. The molecule has 0 saturated heterocycles. The number of hydrogen-bond acceptors (Lipinski definition) is 2. The standard InChI is InChI=1S/C6H6FNO.C2H6/c1-4-2-8-3-5(9)6(4)7;1-2/h2-3,9H,1H3;1-2H3. The molecule has 0 unspecified atom stereocenters. The van der Waals surface area contributed by atoms with Crippen molar-refractivity contribution in [2.45, 2.75) is 20.8 Å². The first-order valence-electron chi connectivity index (χ1n) is 3.51. The van der Waals surface area contributed by atoms with Gasteiger partial charge in [-0.15, -0.1) is 0 Å². The minimum Gasteiger partial charge on any atom is -0.504 e. The lowest BCUT2D eigenvalue weighted by Crippen LogP contribution is -1.83. The fraction of sp³-hybridized carbons (Fsp3) is 0.375. The van der Waals surface area contributed by atoms with Gasteiger partial charge in [0.05, 0.1) is 6.20 Å². The molecule has 1 aromatic rings. The molecule has 0 bridgehead atoms. The van der Waals surface area contributed by atoms with Gasteiger partial charge in [-0.05, 0) is 6.92 Å². The average Bonchev–Trinajstić information content (AvgIpc) is 2.04. The summed E-state index contributed by atoms with van der Waals surface area (Å²) in [5, 5.41) is 8.66. The van der Waals surface area contributed by atoms with Gasteiger partial charge in [0.2, 0.25) is 0 Å². The van der Waals surface area contributed by atoms with Crippen LogP contribution in [0.5, 0.6) is 5.75 Å². The third-order valence-electron chi connectivity index (χ3n) is 1.04. The molecule has 0 saturated carbocycles. The first-order chi connectivity index (χ1) is 5.22. The number of rotatable bonds is 0. The van der Waals surface area contributed by atoms with E-state index >= 15 is 0 Å². The van der Waals surface area contributed by atoms with E-state index in [0.717, 1.165) is 6.20 Å². The molecule has 0 aliphatic heterocycles. The summed E-state index contributed by atoms with van der Waals surface area (Å²) in [6.07, 6.45) is 2.43. The van der Waals surface area contributed by atoms with Crippen LogP contribution in [0.3, 0.4) is 0 Å². The lowest BCUT2D eigenvalue weighted by Gasteiger charge is -1.94. The predicted octanol–water partition coefficient (Wildman–Crippen LogP) is 2.26. The normalized spacial score (nSPS) is 8.36. The van der Waals surface area contributed by atoms with Crippen LogP contribution in [0.15, 0.2) is 12.4 Å². The Bertz CT molecular complexity index is 205. The van der Waals surface area contributed by atoms with Crippen molar-refractivity contribution in [1.82, 2.24) is 4.98 Å². The fourth-order valence-electron chi connectivity index (χ4n) is 0.535. The molecular weight excluding hydrogens is 145 g/mol. The van der Waals surface area contributed by atoms with Gasteiger partial charge in [0.25, 0.3) is 0 Å². The summed E-state index contributed by atoms with van der Waals surface area (Å²) in [7, 11) is 0. The fourth-order valence-corrected chi connectivity index (χ4v) is 0.535. The van der Waals surface area contributed by atoms with Crippen LogP contribution in [-0.2, 0) is 0 Å². The van der Waals surface area contributed by atoms with E-state index in [2.05, 4.69) is 4.98 Å². The number of nitrogens with zero attached hydrogens (tertiary/aromatic N) is 1. The number of hydrogen-bond donors (Lipinski definition) is 1. The maximum absolute atomic E-state index is 12.4. The Labute approximate surface area is 65.7 Å². The van der Waals surface area contributed by atoms with Crippen LogP contribution in [0.2, 0.25) is 0 Å². The maximum atomic E-state index is 12.4. The highest BCUT2D eigenvalue weighted by Crippen LogP contribution is 2.14. The van der Waals surface area contributed by atoms with Crippen LogP contribution < -0.4 is 0 Å². The molecule has 0 atom stereocenters.